The maximum atomic E-state index is 12.6. The highest BCUT2D eigenvalue weighted by Gasteiger charge is 2.15. The molecule has 0 atom stereocenters. The van der Waals surface area contributed by atoms with Gasteiger partial charge in [-0.25, -0.2) is 9.78 Å². The molecule has 2 aromatic heterocycles. The minimum absolute atomic E-state index is 0.0479. The smallest absolute Gasteiger partial charge is 0.340 e. The molecule has 1 amide bonds. The predicted molar refractivity (Wildman–Crippen MR) is 124 cm³/mol. The molecule has 0 spiro atoms. The third-order valence-electron chi connectivity index (χ3n) is 4.98. The number of carbonyl (C=O) groups excluding carboxylic acids is 2. The number of aryl methyl sites for hydroxylation is 2. The highest BCUT2D eigenvalue weighted by Crippen LogP contribution is 2.19. The van der Waals surface area contributed by atoms with Crippen molar-refractivity contribution in [1.82, 2.24) is 15.3 Å². The molecule has 2 heterocycles. The molecule has 4 rings (SSSR count). The standard InChI is InChI=1S/C25H23N3O3S/c1-16-8-9-22-19(10-16)11-21(17(2)27-22)25(30)31-14-20-15-32-24(28-20)12-23(29)26-13-18-6-4-3-5-7-18/h3-11,15H,12-14H2,1-2H3,(H,26,29). The van der Waals surface area contributed by atoms with Gasteiger partial charge in [0.2, 0.25) is 5.91 Å². The largest absolute Gasteiger partial charge is 0.455 e. The normalized spacial score (nSPS) is 10.8. The van der Waals surface area contributed by atoms with Gasteiger partial charge in [-0.2, -0.15) is 0 Å². The molecular weight excluding hydrogens is 422 g/mol. The fourth-order valence-electron chi connectivity index (χ4n) is 3.31. The van der Waals surface area contributed by atoms with Crippen LogP contribution in [0.3, 0.4) is 0 Å². The van der Waals surface area contributed by atoms with Crippen LogP contribution < -0.4 is 5.32 Å². The second-order valence-corrected chi connectivity index (χ2v) is 8.51. The molecule has 0 saturated carbocycles. The molecule has 0 aliphatic rings. The zero-order valence-electron chi connectivity index (χ0n) is 17.9. The Morgan fingerprint density at radius 1 is 1.03 bits per heavy atom. The minimum Gasteiger partial charge on any atom is -0.455 e. The lowest BCUT2D eigenvalue weighted by molar-refractivity contribution is -0.120. The molecule has 2 aromatic carbocycles. The maximum absolute atomic E-state index is 12.6. The Labute approximate surface area is 190 Å². The van der Waals surface area contributed by atoms with E-state index < -0.39 is 5.97 Å². The van der Waals surface area contributed by atoms with Crippen LogP contribution in [0.5, 0.6) is 0 Å². The van der Waals surface area contributed by atoms with E-state index in [4.69, 9.17) is 4.74 Å². The molecular formula is C25H23N3O3S. The van der Waals surface area contributed by atoms with E-state index >= 15 is 0 Å². The van der Waals surface area contributed by atoms with E-state index in [-0.39, 0.29) is 18.9 Å². The summed E-state index contributed by atoms with van der Waals surface area (Å²) >= 11 is 1.38. The van der Waals surface area contributed by atoms with E-state index in [1.807, 2.05) is 66.9 Å². The zero-order valence-corrected chi connectivity index (χ0v) is 18.7. The first-order valence-electron chi connectivity index (χ1n) is 10.3. The second-order valence-electron chi connectivity index (χ2n) is 7.57. The summed E-state index contributed by atoms with van der Waals surface area (Å²) in [4.78, 5) is 33.7. The average molecular weight is 446 g/mol. The van der Waals surface area contributed by atoms with Crippen molar-refractivity contribution in [2.24, 2.45) is 0 Å². The number of amides is 1. The molecule has 32 heavy (non-hydrogen) atoms. The second kappa shape index (κ2) is 9.70. The molecule has 0 aliphatic heterocycles. The number of aromatic nitrogens is 2. The van der Waals surface area contributed by atoms with E-state index in [9.17, 15) is 9.59 Å². The fourth-order valence-corrected chi connectivity index (χ4v) is 4.09. The lowest BCUT2D eigenvalue weighted by Gasteiger charge is -2.08. The van der Waals surface area contributed by atoms with Crippen molar-refractivity contribution in [3.8, 4) is 0 Å². The Kier molecular flexibility index (Phi) is 6.56. The Morgan fingerprint density at radius 3 is 2.66 bits per heavy atom. The number of fused-ring (bicyclic) bond motifs is 1. The molecule has 0 fully saturated rings. The monoisotopic (exact) mass is 445 g/mol. The van der Waals surface area contributed by atoms with Gasteiger partial charge in [-0.15, -0.1) is 11.3 Å². The van der Waals surface area contributed by atoms with E-state index in [1.165, 1.54) is 11.3 Å². The number of carbonyl (C=O) groups is 2. The van der Waals surface area contributed by atoms with Crippen LogP contribution in [-0.2, 0) is 29.1 Å². The van der Waals surface area contributed by atoms with Gasteiger partial charge in [0.15, 0.2) is 0 Å². The topological polar surface area (TPSA) is 81.2 Å². The lowest BCUT2D eigenvalue weighted by atomic mass is 10.1. The number of nitrogens with one attached hydrogen (secondary N) is 1. The number of esters is 1. The van der Waals surface area contributed by atoms with E-state index in [2.05, 4.69) is 15.3 Å². The first-order chi connectivity index (χ1) is 15.5. The van der Waals surface area contributed by atoms with Crippen LogP contribution in [0, 0.1) is 13.8 Å². The summed E-state index contributed by atoms with van der Waals surface area (Å²) in [5.41, 5.74) is 4.68. The lowest BCUT2D eigenvalue weighted by Crippen LogP contribution is -2.24. The quantitative estimate of drug-likeness (QED) is 0.423. The molecule has 0 radical (unpaired) electrons. The van der Waals surface area contributed by atoms with Crippen LogP contribution in [0.2, 0.25) is 0 Å². The molecule has 6 nitrogen and oxygen atoms in total. The first-order valence-corrected chi connectivity index (χ1v) is 11.1. The van der Waals surface area contributed by atoms with Gasteiger partial charge in [-0.05, 0) is 37.6 Å². The molecule has 4 aromatic rings. The van der Waals surface area contributed by atoms with Crippen molar-refractivity contribution >= 4 is 34.1 Å². The minimum atomic E-state index is -0.437. The molecule has 0 unspecified atom stereocenters. The summed E-state index contributed by atoms with van der Waals surface area (Å²) in [6, 6.07) is 17.5. The Hall–Kier alpha value is -3.58. The van der Waals surface area contributed by atoms with Crippen molar-refractivity contribution < 1.29 is 14.3 Å². The van der Waals surface area contributed by atoms with Gasteiger partial charge in [-0.3, -0.25) is 9.78 Å². The zero-order chi connectivity index (χ0) is 22.5. The first kappa shape index (κ1) is 21.6. The molecule has 0 saturated heterocycles. The van der Waals surface area contributed by atoms with Gasteiger partial charge in [0, 0.05) is 17.3 Å². The van der Waals surface area contributed by atoms with Crippen LogP contribution >= 0.6 is 11.3 Å². The van der Waals surface area contributed by atoms with E-state index in [1.54, 1.807) is 6.92 Å². The summed E-state index contributed by atoms with van der Waals surface area (Å²) < 4.78 is 5.46. The highest BCUT2D eigenvalue weighted by atomic mass is 32.1. The third kappa shape index (κ3) is 5.36. The Morgan fingerprint density at radius 2 is 1.84 bits per heavy atom. The molecule has 1 N–H and O–H groups in total. The summed E-state index contributed by atoms with van der Waals surface area (Å²) in [6.07, 6.45) is 0.193. The number of hydrogen-bond acceptors (Lipinski definition) is 6. The van der Waals surface area contributed by atoms with E-state index in [0.29, 0.717) is 28.5 Å². The SMILES string of the molecule is Cc1ccc2nc(C)c(C(=O)OCc3csc(CC(=O)NCc4ccccc4)n3)cc2c1. The maximum Gasteiger partial charge on any atom is 0.340 e. The van der Waals surface area contributed by atoms with Crippen LogP contribution in [0.1, 0.15) is 37.9 Å². The summed E-state index contributed by atoms with van der Waals surface area (Å²) in [7, 11) is 0. The number of pyridine rings is 1. The van der Waals surface area contributed by atoms with Crippen LogP contribution in [-0.4, -0.2) is 21.8 Å². The van der Waals surface area contributed by atoms with Crippen LogP contribution in [0.4, 0.5) is 0 Å². The number of benzene rings is 2. The fraction of sp³-hybridized carbons (Fsp3) is 0.200. The number of nitrogens with zero attached hydrogens (tertiary/aromatic N) is 2. The van der Waals surface area contributed by atoms with Crippen molar-refractivity contribution in [2.45, 2.75) is 33.4 Å². The molecule has 162 valence electrons. The van der Waals surface area contributed by atoms with E-state index in [0.717, 1.165) is 22.0 Å². The number of ether oxygens (including phenoxy) is 1. The van der Waals surface area contributed by atoms with Gasteiger partial charge in [0.1, 0.15) is 11.6 Å². The van der Waals surface area contributed by atoms with Crippen LogP contribution in [0.15, 0.2) is 60.0 Å². The highest BCUT2D eigenvalue weighted by molar-refractivity contribution is 7.09. The van der Waals surface area contributed by atoms with Crippen LogP contribution in [0.25, 0.3) is 10.9 Å². The third-order valence-corrected chi connectivity index (χ3v) is 5.87. The van der Waals surface area contributed by atoms with Gasteiger partial charge in [0.05, 0.1) is 28.9 Å². The average Bonchev–Trinajstić information content (AvgIpc) is 3.23. The van der Waals surface area contributed by atoms with Gasteiger partial charge >= 0.3 is 5.97 Å². The molecule has 0 aliphatic carbocycles. The number of thiazole rings is 1. The number of hydrogen-bond donors (Lipinski definition) is 1. The van der Waals surface area contributed by atoms with Crippen molar-refractivity contribution in [3.63, 3.8) is 0 Å². The van der Waals surface area contributed by atoms with Gasteiger partial charge < -0.3 is 10.1 Å². The van der Waals surface area contributed by atoms with Crippen molar-refractivity contribution in [2.75, 3.05) is 0 Å². The summed E-state index contributed by atoms with van der Waals surface area (Å²) in [5, 5.41) is 6.28. The Bertz CT molecular complexity index is 1270. The molecule has 0 bridgehead atoms. The van der Waals surface area contributed by atoms with Crippen molar-refractivity contribution in [3.05, 3.63) is 93.1 Å². The van der Waals surface area contributed by atoms with Gasteiger partial charge in [0.25, 0.3) is 0 Å². The Balaban J connectivity index is 1.33. The molecule has 7 heteroatoms. The predicted octanol–water partition coefficient (Wildman–Crippen LogP) is 4.52. The number of rotatable bonds is 7. The van der Waals surface area contributed by atoms with Gasteiger partial charge in [-0.1, -0.05) is 42.0 Å². The summed E-state index contributed by atoms with van der Waals surface area (Å²) in [5.74, 6) is -0.534. The summed E-state index contributed by atoms with van der Waals surface area (Å²) in [6.45, 7) is 4.32. The van der Waals surface area contributed by atoms with Crippen molar-refractivity contribution in [1.29, 1.82) is 0 Å².